The summed E-state index contributed by atoms with van der Waals surface area (Å²) in [6.45, 7) is 0. The van der Waals surface area contributed by atoms with E-state index in [9.17, 15) is 9.50 Å². The molecule has 2 aromatic rings. The average molecular weight is 415 g/mol. The summed E-state index contributed by atoms with van der Waals surface area (Å²) < 4.78 is 15.5. The number of thiophene rings is 1. The van der Waals surface area contributed by atoms with Gasteiger partial charge in [0.25, 0.3) is 0 Å². The van der Waals surface area contributed by atoms with E-state index < -0.39 is 11.9 Å². The quantitative estimate of drug-likeness (QED) is 0.719. The lowest BCUT2D eigenvalue weighted by atomic mass is 10.0. The maximum absolute atomic E-state index is 13.7. The van der Waals surface area contributed by atoms with Crippen molar-refractivity contribution >= 4 is 54.8 Å². The molecule has 1 nitrogen and oxygen atoms in total. The Bertz CT molecular complexity index is 573. The van der Waals surface area contributed by atoms with Crippen molar-refractivity contribution in [1.29, 1.82) is 0 Å². The number of aliphatic hydroxyl groups excluding tert-OH is 1. The Labute approximate surface area is 130 Å². The Morgan fingerprint density at radius 1 is 1.39 bits per heavy atom. The lowest BCUT2D eigenvalue weighted by Crippen LogP contribution is -2.03. The van der Waals surface area contributed by atoms with Crippen molar-refractivity contribution in [2.24, 2.45) is 0 Å². The van der Waals surface area contributed by atoms with Crippen molar-refractivity contribution in [2.75, 3.05) is 0 Å². The highest BCUT2D eigenvalue weighted by atomic mass is 79.9. The number of hydrogen-bond acceptors (Lipinski definition) is 2. The van der Waals surface area contributed by atoms with Gasteiger partial charge in [-0.15, -0.1) is 11.3 Å². The minimum Gasteiger partial charge on any atom is -0.388 e. The zero-order valence-corrected chi connectivity index (χ0v) is 13.7. The van der Waals surface area contributed by atoms with Gasteiger partial charge in [-0.25, -0.2) is 4.39 Å². The van der Waals surface area contributed by atoms with Crippen molar-refractivity contribution in [3.05, 3.63) is 53.8 Å². The molecule has 1 unspecified atom stereocenters. The Morgan fingerprint density at radius 2 is 2.11 bits per heavy atom. The molecule has 0 amide bonds. The zero-order chi connectivity index (χ0) is 13.3. The largest absolute Gasteiger partial charge is 0.388 e. The van der Waals surface area contributed by atoms with Crippen LogP contribution in [0.5, 0.6) is 0 Å². The summed E-state index contributed by atoms with van der Waals surface area (Å²) in [7, 11) is 0. The summed E-state index contributed by atoms with van der Waals surface area (Å²) in [6, 6.07) is 6.61. The molecule has 2 rings (SSSR count). The molecule has 0 radical (unpaired) electrons. The molecule has 1 heterocycles. The van der Waals surface area contributed by atoms with Crippen molar-refractivity contribution in [3.63, 3.8) is 0 Å². The average Bonchev–Trinajstić information content (AvgIpc) is 2.64. The molecule has 0 aliphatic rings. The summed E-state index contributed by atoms with van der Waals surface area (Å²) in [5, 5.41) is 10.2. The van der Waals surface area contributed by atoms with Crippen molar-refractivity contribution in [2.45, 2.75) is 12.5 Å². The van der Waals surface area contributed by atoms with Crippen molar-refractivity contribution in [3.8, 4) is 0 Å². The van der Waals surface area contributed by atoms with E-state index in [1.165, 1.54) is 17.4 Å². The first-order valence-corrected chi connectivity index (χ1v) is 7.82. The van der Waals surface area contributed by atoms with Gasteiger partial charge in [-0.1, -0.05) is 23.7 Å². The van der Waals surface area contributed by atoms with Gasteiger partial charge in [0.2, 0.25) is 0 Å². The van der Waals surface area contributed by atoms with E-state index in [1.54, 1.807) is 12.1 Å². The summed E-state index contributed by atoms with van der Waals surface area (Å²) >= 11 is 13.9. The topological polar surface area (TPSA) is 20.2 Å². The molecule has 0 bridgehead atoms. The molecule has 1 N–H and O–H groups in total. The monoisotopic (exact) mass is 412 g/mol. The summed E-state index contributed by atoms with van der Waals surface area (Å²) in [5.74, 6) is -0.469. The molecule has 18 heavy (non-hydrogen) atoms. The first-order chi connectivity index (χ1) is 8.49. The fraction of sp³-hybridized carbons (Fsp3) is 0.167. The molecule has 1 aromatic carbocycles. The maximum Gasteiger partial charge on any atom is 0.145 e. The predicted octanol–water partition coefficient (Wildman–Crippen LogP) is 5.34. The number of halogens is 4. The van der Waals surface area contributed by atoms with Crippen LogP contribution in [0.4, 0.5) is 4.39 Å². The summed E-state index contributed by atoms with van der Waals surface area (Å²) in [4.78, 5) is 0. The Balaban J connectivity index is 2.24. The third-order valence-corrected chi connectivity index (χ3v) is 5.16. The smallest absolute Gasteiger partial charge is 0.145 e. The number of aliphatic hydroxyl groups is 1. The van der Waals surface area contributed by atoms with Gasteiger partial charge in [-0.2, -0.15) is 0 Å². The van der Waals surface area contributed by atoms with E-state index >= 15 is 0 Å². The Kier molecular flexibility index (Phi) is 4.83. The van der Waals surface area contributed by atoms with Gasteiger partial charge in [-0.3, -0.25) is 0 Å². The van der Waals surface area contributed by atoms with E-state index in [0.29, 0.717) is 5.56 Å². The number of hydrogen-bond donors (Lipinski definition) is 1. The molecule has 96 valence electrons. The third-order valence-electron chi connectivity index (χ3n) is 2.49. The van der Waals surface area contributed by atoms with Crippen molar-refractivity contribution in [1.82, 2.24) is 0 Å². The fourth-order valence-corrected chi connectivity index (χ4v) is 4.75. The van der Waals surface area contributed by atoms with E-state index in [1.807, 2.05) is 6.07 Å². The van der Waals surface area contributed by atoms with Gasteiger partial charge >= 0.3 is 0 Å². The fourth-order valence-electron chi connectivity index (χ4n) is 1.60. The SMILES string of the molecule is OC(Cc1cccc(Cl)c1F)c1cc(Br)sc1Br. The second-order valence-electron chi connectivity index (χ2n) is 3.71. The molecule has 0 fully saturated rings. The highest BCUT2D eigenvalue weighted by Crippen LogP contribution is 2.37. The first kappa shape index (κ1) is 14.5. The molecular weight excluding hydrogens is 406 g/mol. The third kappa shape index (κ3) is 3.14. The summed E-state index contributed by atoms with van der Waals surface area (Å²) in [5.41, 5.74) is 1.15. The van der Waals surface area contributed by atoms with Gasteiger partial charge in [0.15, 0.2) is 0 Å². The second-order valence-corrected chi connectivity index (χ2v) is 7.87. The van der Waals surface area contributed by atoms with E-state index in [0.717, 1.165) is 13.1 Å². The van der Waals surface area contributed by atoms with E-state index in [2.05, 4.69) is 31.9 Å². The Morgan fingerprint density at radius 3 is 2.72 bits per heavy atom. The van der Waals surface area contributed by atoms with Crippen LogP contribution >= 0.6 is 54.8 Å². The number of rotatable bonds is 3. The minimum absolute atomic E-state index is 0.0743. The molecular formula is C12H8Br2ClFOS. The molecule has 0 saturated heterocycles. The molecule has 0 spiro atoms. The summed E-state index contributed by atoms with van der Waals surface area (Å²) in [6.07, 6.45) is -0.580. The van der Waals surface area contributed by atoms with Crippen LogP contribution in [-0.2, 0) is 6.42 Å². The molecule has 6 heteroatoms. The number of benzene rings is 1. The van der Waals surface area contributed by atoms with Gasteiger partial charge in [0, 0.05) is 12.0 Å². The zero-order valence-electron chi connectivity index (χ0n) is 8.96. The minimum atomic E-state index is -0.769. The molecule has 0 aliphatic carbocycles. The Hall–Kier alpha value is 0.0600. The van der Waals surface area contributed by atoms with Gasteiger partial charge in [0.05, 0.1) is 18.7 Å². The standard InChI is InChI=1S/C12H8Br2ClFOS/c13-10-5-7(12(14)18-10)9(17)4-6-2-1-3-8(15)11(6)16/h1-3,5,9,17H,4H2. The van der Waals surface area contributed by atoms with E-state index in [4.69, 9.17) is 11.6 Å². The van der Waals surface area contributed by atoms with Crippen LogP contribution in [0.15, 0.2) is 31.8 Å². The lowest BCUT2D eigenvalue weighted by Gasteiger charge is -2.11. The van der Waals surface area contributed by atoms with Crippen LogP contribution in [0.1, 0.15) is 17.2 Å². The molecule has 1 aromatic heterocycles. The van der Waals surface area contributed by atoms with Crippen molar-refractivity contribution < 1.29 is 9.50 Å². The second kappa shape index (κ2) is 6.01. The highest BCUT2D eigenvalue weighted by Gasteiger charge is 2.17. The van der Waals surface area contributed by atoms with Gasteiger partial charge in [-0.05, 0) is 49.6 Å². The first-order valence-electron chi connectivity index (χ1n) is 5.04. The van der Waals surface area contributed by atoms with Gasteiger partial charge < -0.3 is 5.11 Å². The van der Waals surface area contributed by atoms with Crippen LogP contribution in [0, 0.1) is 5.82 Å². The van der Waals surface area contributed by atoms with Gasteiger partial charge in [0.1, 0.15) is 5.82 Å². The molecule has 1 atom stereocenters. The maximum atomic E-state index is 13.7. The van der Waals surface area contributed by atoms with Crippen LogP contribution in [-0.4, -0.2) is 5.11 Å². The normalized spacial score (nSPS) is 12.7. The van der Waals surface area contributed by atoms with Crippen LogP contribution in [0.2, 0.25) is 5.02 Å². The predicted molar refractivity (Wildman–Crippen MR) is 79.8 cm³/mol. The molecule has 0 aliphatic heterocycles. The molecule has 0 saturated carbocycles. The van der Waals surface area contributed by atoms with E-state index in [-0.39, 0.29) is 11.4 Å². The van der Waals surface area contributed by atoms with Crippen LogP contribution < -0.4 is 0 Å². The van der Waals surface area contributed by atoms with Crippen LogP contribution in [0.25, 0.3) is 0 Å². The lowest BCUT2D eigenvalue weighted by molar-refractivity contribution is 0.177. The highest BCUT2D eigenvalue weighted by molar-refractivity contribution is 9.12. The van der Waals surface area contributed by atoms with Crippen LogP contribution in [0.3, 0.4) is 0 Å².